The van der Waals surface area contributed by atoms with Crippen molar-refractivity contribution in [2.75, 3.05) is 16.4 Å². The molecule has 4 nitrogen and oxygen atoms in total. The van der Waals surface area contributed by atoms with Crippen LogP contribution < -0.4 is 4.90 Å². The van der Waals surface area contributed by atoms with Crippen molar-refractivity contribution in [3.63, 3.8) is 0 Å². The largest absolute Gasteiger partial charge is 0.315 e. The van der Waals surface area contributed by atoms with Gasteiger partial charge in [-0.2, -0.15) is 0 Å². The van der Waals surface area contributed by atoms with Gasteiger partial charge in [-0.05, 0) is 29.8 Å². The average molecular weight is 393 g/mol. The molecule has 2 aromatic rings. The smallest absolute Gasteiger partial charge is 0.164 e. The molecule has 1 fully saturated rings. The molecule has 0 aromatic heterocycles. The van der Waals surface area contributed by atoms with Crippen molar-refractivity contribution in [3.05, 3.63) is 65.2 Å². The van der Waals surface area contributed by atoms with Crippen LogP contribution in [0.3, 0.4) is 0 Å². The highest BCUT2D eigenvalue weighted by molar-refractivity contribution is 8.13. The Labute approximate surface area is 156 Å². The molecule has 2 atom stereocenters. The summed E-state index contributed by atoms with van der Waals surface area (Å²) in [4.78, 5) is 6.82. The van der Waals surface area contributed by atoms with E-state index in [0.717, 1.165) is 22.2 Å². The number of hydrogen-bond acceptors (Lipinski definition) is 5. The molecule has 0 amide bonds. The Balaban J connectivity index is 1.60. The molecular formula is C18H17ClN2O2S2. The fourth-order valence-electron chi connectivity index (χ4n) is 3.30. The number of hydrogen-bond donors (Lipinski definition) is 0. The topological polar surface area (TPSA) is 49.7 Å². The second kappa shape index (κ2) is 6.67. The lowest BCUT2D eigenvalue weighted by atomic mass is 10.1. The molecule has 0 radical (unpaired) electrons. The summed E-state index contributed by atoms with van der Waals surface area (Å²) in [5, 5.41) is 1.60. The van der Waals surface area contributed by atoms with E-state index in [9.17, 15) is 8.42 Å². The van der Waals surface area contributed by atoms with Gasteiger partial charge in [0.2, 0.25) is 0 Å². The van der Waals surface area contributed by atoms with Crippen molar-refractivity contribution in [2.24, 2.45) is 4.99 Å². The van der Waals surface area contributed by atoms with E-state index in [2.05, 4.69) is 4.90 Å². The zero-order valence-corrected chi connectivity index (χ0v) is 15.8. The molecule has 0 N–H and O–H groups in total. The normalized spacial score (nSPS) is 24.2. The fourth-order valence-corrected chi connectivity index (χ4v) is 6.42. The molecule has 7 heteroatoms. The van der Waals surface area contributed by atoms with E-state index in [-0.39, 0.29) is 23.6 Å². The second-order valence-corrected chi connectivity index (χ2v) is 9.78. The first-order chi connectivity index (χ1) is 12.0. The van der Waals surface area contributed by atoms with Crippen molar-refractivity contribution in [1.29, 1.82) is 0 Å². The molecule has 4 rings (SSSR count). The van der Waals surface area contributed by atoms with Crippen molar-refractivity contribution in [1.82, 2.24) is 0 Å². The molecule has 2 aliphatic heterocycles. The molecule has 25 heavy (non-hydrogen) atoms. The molecule has 130 valence electrons. The first-order valence-electron chi connectivity index (χ1n) is 8.02. The number of rotatable bonds is 3. The monoisotopic (exact) mass is 392 g/mol. The SMILES string of the molecule is O=S1(=O)C[C@H]2N=C(SCc3cccc(Cl)c3)N(c3ccccc3)[C@H]2C1. The Bertz CT molecular complexity index is 916. The van der Waals surface area contributed by atoms with Crippen molar-refractivity contribution < 1.29 is 8.42 Å². The molecule has 2 aliphatic rings. The lowest BCUT2D eigenvalue weighted by molar-refractivity contribution is 0.601. The third kappa shape index (κ3) is 3.57. The average Bonchev–Trinajstić information content (AvgIpc) is 3.05. The van der Waals surface area contributed by atoms with E-state index in [1.54, 1.807) is 11.8 Å². The van der Waals surface area contributed by atoms with Gasteiger partial charge in [-0.15, -0.1) is 0 Å². The Morgan fingerprint density at radius 2 is 1.92 bits per heavy atom. The Morgan fingerprint density at radius 3 is 2.68 bits per heavy atom. The quantitative estimate of drug-likeness (QED) is 0.800. The van der Waals surface area contributed by atoms with E-state index in [1.807, 2.05) is 54.6 Å². The maximum absolute atomic E-state index is 12.0. The van der Waals surface area contributed by atoms with E-state index in [1.165, 1.54) is 0 Å². The zero-order chi connectivity index (χ0) is 17.4. The van der Waals surface area contributed by atoms with Crippen LogP contribution in [0, 0.1) is 0 Å². The van der Waals surface area contributed by atoms with Gasteiger partial charge in [0.1, 0.15) is 0 Å². The highest BCUT2D eigenvalue weighted by Gasteiger charge is 2.47. The van der Waals surface area contributed by atoms with Gasteiger partial charge >= 0.3 is 0 Å². The van der Waals surface area contributed by atoms with Crippen LogP contribution in [0.2, 0.25) is 5.02 Å². The van der Waals surface area contributed by atoms with Crippen LogP contribution in [-0.2, 0) is 15.6 Å². The van der Waals surface area contributed by atoms with Gasteiger partial charge in [-0.1, -0.05) is 53.7 Å². The minimum absolute atomic E-state index is 0.103. The minimum atomic E-state index is -3.02. The summed E-state index contributed by atoms with van der Waals surface area (Å²) in [6, 6.07) is 17.4. The van der Waals surface area contributed by atoms with Crippen molar-refractivity contribution in [2.45, 2.75) is 17.8 Å². The summed E-state index contributed by atoms with van der Waals surface area (Å²) in [5.74, 6) is 1.05. The van der Waals surface area contributed by atoms with Gasteiger partial charge < -0.3 is 4.90 Å². The molecule has 1 saturated heterocycles. The number of halogens is 1. The summed E-state index contributed by atoms with van der Waals surface area (Å²) < 4.78 is 24.1. The van der Waals surface area contributed by atoms with Crippen LogP contribution >= 0.6 is 23.4 Å². The van der Waals surface area contributed by atoms with Crippen molar-refractivity contribution in [3.8, 4) is 0 Å². The van der Waals surface area contributed by atoms with E-state index < -0.39 is 9.84 Å². The number of sulfone groups is 1. The fraction of sp³-hybridized carbons (Fsp3) is 0.278. The lowest BCUT2D eigenvalue weighted by Crippen LogP contribution is -2.39. The van der Waals surface area contributed by atoms with Crippen LogP contribution in [0.25, 0.3) is 0 Å². The van der Waals surface area contributed by atoms with Crippen LogP contribution in [0.4, 0.5) is 5.69 Å². The van der Waals surface area contributed by atoms with E-state index in [0.29, 0.717) is 5.02 Å². The Hall–Kier alpha value is -1.50. The van der Waals surface area contributed by atoms with E-state index in [4.69, 9.17) is 16.6 Å². The minimum Gasteiger partial charge on any atom is -0.315 e. The Morgan fingerprint density at radius 1 is 1.12 bits per heavy atom. The highest BCUT2D eigenvalue weighted by atomic mass is 35.5. The number of nitrogens with zero attached hydrogens (tertiary/aromatic N) is 2. The molecule has 2 aromatic carbocycles. The van der Waals surface area contributed by atoms with Gasteiger partial charge in [0.15, 0.2) is 15.0 Å². The Kier molecular flexibility index (Phi) is 4.52. The first kappa shape index (κ1) is 16.9. The summed E-state index contributed by atoms with van der Waals surface area (Å²) in [6.45, 7) is 0. The van der Waals surface area contributed by atoms with Gasteiger partial charge in [0, 0.05) is 16.5 Å². The predicted octanol–water partition coefficient (Wildman–Crippen LogP) is 3.62. The number of aliphatic imine (C=N–C) groups is 1. The van der Waals surface area contributed by atoms with Crippen molar-refractivity contribution >= 4 is 44.1 Å². The number of benzene rings is 2. The van der Waals surface area contributed by atoms with E-state index >= 15 is 0 Å². The standard InChI is InChI=1S/C18H17ClN2O2S2/c19-14-6-4-5-13(9-14)10-24-18-20-16-11-25(22,23)12-17(16)21(18)15-7-2-1-3-8-15/h1-9,16-17H,10-12H2/t16-,17+/m1/s1. The van der Waals surface area contributed by atoms with Crippen LogP contribution in [0.15, 0.2) is 59.6 Å². The maximum atomic E-state index is 12.0. The molecule has 0 unspecified atom stereocenters. The van der Waals surface area contributed by atoms with Gasteiger partial charge in [-0.3, -0.25) is 4.99 Å². The summed E-state index contributed by atoms with van der Waals surface area (Å²) in [7, 11) is -3.02. The van der Waals surface area contributed by atoms with Crippen LogP contribution in [-0.4, -0.2) is 37.2 Å². The van der Waals surface area contributed by atoms with Gasteiger partial charge in [-0.25, -0.2) is 8.42 Å². The zero-order valence-electron chi connectivity index (χ0n) is 13.4. The first-order valence-corrected chi connectivity index (χ1v) is 11.2. The number of anilines is 1. The molecule has 0 spiro atoms. The van der Waals surface area contributed by atoms with Gasteiger partial charge in [0.05, 0.1) is 23.6 Å². The summed E-state index contributed by atoms with van der Waals surface area (Å²) in [5.41, 5.74) is 2.11. The molecule has 2 heterocycles. The van der Waals surface area contributed by atoms with Crippen LogP contribution in [0.5, 0.6) is 0 Å². The summed E-state index contributed by atoms with van der Waals surface area (Å²) >= 11 is 7.69. The molecule has 0 bridgehead atoms. The van der Waals surface area contributed by atoms with Crippen LogP contribution in [0.1, 0.15) is 5.56 Å². The number of thioether (sulfide) groups is 1. The molecular weight excluding hydrogens is 376 g/mol. The second-order valence-electron chi connectivity index (χ2n) is 6.25. The highest BCUT2D eigenvalue weighted by Crippen LogP contribution is 2.35. The number of amidine groups is 1. The van der Waals surface area contributed by atoms with Gasteiger partial charge in [0.25, 0.3) is 0 Å². The predicted molar refractivity (Wildman–Crippen MR) is 105 cm³/mol. The third-order valence-electron chi connectivity index (χ3n) is 4.40. The third-order valence-corrected chi connectivity index (χ3v) is 7.37. The molecule has 0 aliphatic carbocycles. The lowest BCUT2D eigenvalue weighted by Gasteiger charge is -2.26. The molecule has 0 saturated carbocycles. The summed E-state index contributed by atoms with van der Waals surface area (Å²) in [6.07, 6.45) is 0. The maximum Gasteiger partial charge on any atom is 0.164 e. The number of para-hydroxylation sites is 1. The number of fused-ring (bicyclic) bond motifs is 1.